The maximum absolute atomic E-state index is 11.6. The number of carbonyl (C=O) groups excluding carboxylic acids is 1. The van der Waals surface area contributed by atoms with Crippen LogP contribution >= 0.6 is 0 Å². The second-order valence-corrected chi connectivity index (χ2v) is 3.70. The van der Waals surface area contributed by atoms with Crippen LogP contribution in [0.15, 0.2) is 24.3 Å². The molecule has 0 aliphatic rings. The van der Waals surface area contributed by atoms with Crippen LogP contribution < -0.4 is 4.74 Å². The Morgan fingerprint density at radius 3 is 2.94 bits per heavy atom. The Kier molecular flexibility index (Phi) is 5.02. The van der Waals surface area contributed by atoms with Gasteiger partial charge in [0.2, 0.25) is 0 Å². The van der Waals surface area contributed by atoms with Gasteiger partial charge in [0.15, 0.2) is 0 Å². The third-order valence-corrected chi connectivity index (χ3v) is 2.38. The molecular formula is C13H16N2O2. The molecule has 0 aliphatic carbocycles. The molecule has 90 valence electrons. The summed E-state index contributed by atoms with van der Waals surface area (Å²) in [5.74, 6) is 0.540. The molecule has 0 heterocycles. The third kappa shape index (κ3) is 4.15. The monoisotopic (exact) mass is 232 g/mol. The molecule has 4 heteroatoms. The summed E-state index contributed by atoms with van der Waals surface area (Å²) in [6, 6.07) is 9.42. The van der Waals surface area contributed by atoms with Gasteiger partial charge in [-0.1, -0.05) is 19.1 Å². The fourth-order valence-corrected chi connectivity index (χ4v) is 1.32. The minimum atomic E-state index is -0.437. The molecule has 17 heavy (non-hydrogen) atoms. The van der Waals surface area contributed by atoms with Gasteiger partial charge in [0.05, 0.1) is 12.5 Å². The van der Waals surface area contributed by atoms with E-state index in [1.54, 1.807) is 13.1 Å². The van der Waals surface area contributed by atoms with E-state index in [9.17, 15) is 4.79 Å². The zero-order valence-corrected chi connectivity index (χ0v) is 10.1. The molecule has 1 rings (SSSR count). The molecule has 0 fully saturated rings. The molecule has 1 amide bonds. The first-order chi connectivity index (χ1) is 8.17. The number of nitriles is 1. The minimum Gasteiger partial charge on any atom is -0.410 e. The predicted octanol–water partition coefficient (Wildman–Crippen LogP) is 2.59. The van der Waals surface area contributed by atoms with E-state index in [4.69, 9.17) is 10.00 Å². The van der Waals surface area contributed by atoms with Crippen LogP contribution in [0.25, 0.3) is 0 Å². The van der Waals surface area contributed by atoms with E-state index in [0.29, 0.717) is 18.7 Å². The summed E-state index contributed by atoms with van der Waals surface area (Å²) in [5, 5.41) is 8.43. The standard InChI is InChI=1S/C13H16N2O2/c1-3-11-6-4-7-12(10-11)17-13(16)15(2)9-5-8-14/h4,6-7,10H,3,5,9H2,1-2H3. The van der Waals surface area contributed by atoms with E-state index >= 15 is 0 Å². The molecule has 0 radical (unpaired) electrons. The maximum atomic E-state index is 11.6. The molecule has 1 aromatic carbocycles. The number of hydrogen-bond donors (Lipinski definition) is 0. The highest BCUT2D eigenvalue weighted by atomic mass is 16.6. The van der Waals surface area contributed by atoms with Crippen LogP contribution in [0.3, 0.4) is 0 Å². The lowest BCUT2D eigenvalue weighted by Gasteiger charge is -2.15. The Bertz CT molecular complexity index is 424. The highest BCUT2D eigenvalue weighted by molar-refractivity contribution is 5.70. The number of nitrogens with zero attached hydrogens (tertiary/aromatic N) is 2. The van der Waals surface area contributed by atoms with Crippen molar-refractivity contribution in [2.45, 2.75) is 19.8 Å². The summed E-state index contributed by atoms with van der Waals surface area (Å²) in [6.45, 7) is 2.42. The molecule has 0 N–H and O–H groups in total. The van der Waals surface area contributed by atoms with Gasteiger partial charge in [-0.25, -0.2) is 4.79 Å². The molecule has 1 aromatic rings. The second kappa shape index (κ2) is 6.54. The van der Waals surface area contributed by atoms with Crippen LogP contribution in [0.4, 0.5) is 4.79 Å². The molecule has 0 bridgehead atoms. The quantitative estimate of drug-likeness (QED) is 0.801. The smallest absolute Gasteiger partial charge is 0.410 e. The highest BCUT2D eigenvalue weighted by Crippen LogP contribution is 2.14. The van der Waals surface area contributed by atoms with Crippen molar-refractivity contribution in [2.75, 3.05) is 13.6 Å². The Labute approximate surface area is 101 Å². The Balaban J connectivity index is 2.58. The van der Waals surface area contributed by atoms with Gasteiger partial charge in [-0.2, -0.15) is 5.26 Å². The van der Waals surface area contributed by atoms with Crippen molar-refractivity contribution in [3.63, 3.8) is 0 Å². The van der Waals surface area contributed by atoms with E-state index in [0.717, 1.165) is 12.0 Å². The van der Waals surface area contributed by atoms with Crippen molar-refractivity contribution >= 4 is 6.09 Å². The van der Waals surface area contributed by atoms with Crippen molar-refractivity contribution in [1.29, 1.82) is 5.26 Å². The average Bonchev–Trinajstić information content (AvgIpc) is 2.36. The Morgan fingerprint density at radius 1 is 1.53 bits per heavy atom. The van der Waals surface area contributed by atoms with E-state index < -0.39 is 6.09 Å². The fourth-order valence-electron chi connectivity index (χ4n) is 1.32. The lowest BCUT2D eigenvalue weighted by atomic mass is 10.2. The topological polar surface area (TPSA) is 53.3 Å². The van der Waals surface area contributed by atoms with Gasteiger partial charge < -0.3 is 9.64 Å². The van der Waals surface area contributed by atoms with Crippen LogP contribution in [0.2, 0.25) is 0 Å². The molecule has 0 atom stereocenters. The number of aryl methyl sites for hydroxylation is 1. The van der Waals surface area contributed by atoms with Crippen molar-refractivity contribution in [1.82, 2.24) is 4.90 Å². The van der Waals surface area contributed by atoms with Gasteiger partial charge in [0.1, 0.15) is 5.75 Å². The number of hydrogen-bond acceptors (Lipinski definition) is 3. The molecule has 0 spiro atoms. The molecule has 0 unspecified atom stereocenters. The summed E-state index contributed by atoms with van der Waals surface area (Å²) in [5.41, 5.74) is 1.12. The largest absolute Gasteiger partial charge is 0.414 e. The van der Waals surface area contributed by atoms with Crippen LogP contribution in [0.1, 0.15) is 18.9 Å². The third-order valence-electron chi connectivity index (χ3n) is 2.38. The molecule has 4 nitrogen and oxygen atoms in total. The minimum absolute atomic E-state index is 0.306. The number of ether oxygens (including phenoxy) is 1. The number of amides is 1. The van der Waals surface area contributed by atoms with Crippen molar-refractivity contribution < 1.29 is 9.53 Å². The highest BCUT2D eigenvalue weighted by Gasteiger charge is 2.10. The summed E-state index contributed by atoms with van der Waals surface area (Å²) in [4.78, 5) is 13.0. The van der Waals surface area contributed by atoms with Gasteiger partial charge in [-0.05, 0) is 24.1 Å². The Hall–Kier alpha value is -2.02. The molecule has 0 aliphatic heterocycles. The lowest BCUT2D eigenvalue weighted by molar-refractivity contribution is 0.164. The zero-order valence-electron chi connectivity index (χ0n) is 10.1. The maximum Gasteiger partial charge on any atom is 0.414 e. The first-order valence-electron chi connectivity index (χ1n) is 5.56. The fraction of sp³-hybridized carbons (Fsp3) is 0.385. The second-order valence-electron chi connectivity index (χ2n) is 3.70. The Morgan fingerprint density at radius 2 is 2.29 bits per heavy atom. The van der Waals surface area contributed by atoms with E-state index in [2.05, 4.69) is 0 Å². The normalized spacial score (nSPS) is 9.47. The zero-order chi connectivity index (χ0) is 12.7. The van der Waals surface area contributed by atoms with Crippen molar-refractivity contribution in [2.24, 2.45) is 0 Å². The number of rotatable bonds is 4. The molecule has 0 aromatic heterocycles. The first-order valence-corrected chi connectivity index (χ1v) is 5.56. The van der Waals surface area contributed by atoms with Crippen LogP contribution in [-0.2, 0) is 6.42 Å². The average molecular weight is 232 g/mol. The number of carbonyl (C=O) groups is 1. The van der Waals surface area contributed by atoms with Crippen molar-refractivity contribution in [3.05, 3.63) is 29.8 Å². The van der Waals surface area contributed by atoms with Gasteiger partial charge in [0.25, 0.3) is 0 Å². The van der Waals surface area contributed by atoms with Crippen molar-refractivity contribution in [3.8, 4) is 11.8 Å². The van der Waals surface area contributed by atoms with Crippen LogP contribution in [-0.4, -0.2) is 24.6 Å². The van der Waals surface area contributed by atoms with Gasteiger partial charge in [-0.15, -0.1) is 0 Å². The summed E-state index contributed by atoms with van der Waals surface area (Å²) < 4.78 is 5.19. The summed E-state index contributed by atoms with van der Waals surface area (Å²) >= 11 is 0. The van der Waals surface area contributed by atoms with E-state index in [1.807, 2.05) is 31.2 Å². The molecule has 0 saturated carbocycles. The summed E-state index contributed by atoms with van der Waals surface area (Å²) in [7, 11) is 1.61. The van der Waals surface area contributed by atoms with Gasteiger partial charge in [-0.3, -0.25) is 0 Å². The van der Waals surface area contributed by atoms with Gasteiger partial charge >= 0.3 is 6.09 Å². The summed E-state index contributed by atoms with van der Waals surface area (Å²) in [6.07, 6.45) is 0.768. The van der Waals surface area contributed by atoms with Gasteiger partial charge in [0, 0.05) is 13.6 Å². The van der Waals surface area contributed by atoms with E-state index in [1.165, 1.54) is 4.90 Å². The number of benzene rings is 1. The molecule has 0 saturated heterocycles. The SMILES string of the molecule is CCc1cccc(OC(=O)N(C)CCC#N)c1. The van der Waals surface area contributed by atoms with Crippen LogP contribution in [0.5, 0.6) is 5.75 Å². The predicted molar refractivity (Wildman–Crippen MR) is 64.7 cm³/mol. The molecular weight excluding hydrogens is 216 g/mol. The van der Waals surface area contributed by atoms with E-state index in [-0.39, 0.29) is 0 Å². The first kappa shape index (κ1) is 13.0. The van der Waals surface area contributed by atoms with Crippen LogP contribution in [0, 0.1) is 11.3 Å². The lowest BCUT2D eigenvalue weighted by Crippen LogP contribution is -2.30.